The van der Waals surface area contributed by atoms with Crippen LogP contribution in [-0.2, 0) is 6.42 Å². The Labute approximate surface area is 161 Å². The zero-order valence-electron chi connectivity index (χ0n) is 17.0. The molecule has 2 aromatic rings. The summed E-state index contributed by atoms with van der Waals surface area (Å²) in [6.07, 6.45) is 1.66. The molecule has 1 aromatic heterocycles. The lowest BCUT2D eigenvalue weighted by Gasteiger charge is -2.18. The number of hydrogen-bond donors (Lipinski definition) is 2. The molecular weight excluding hydrogens is 342 g/mol. The van der Waals surface area contributed by atoms with Crippen LogP contribution in [0.1, 0.15) is 50.4 Å². The van der Waals surface area contributed by atoms with Crippen LogP contribution in [0.3, 0.4) is 0 Å². The molecule has 0 bridgehead atoms. The van der Waals surface area contributed by atoms with Crippen molar-refractivity contribution in [3.63, 3.8) is 0 Å². The van der Waals surface area contributed by atoms with Crippen LogP contribution in [0.2, 0.25) is 0 Å². The van der Waals surface area contributed by atoms with Gasteiger partial charge < -0.3 is 19.9 Å². The molecular formula is C20H31N5O2. The molecule has 7 nitrogen and oxygen atoms in total. The van der Waals surface area contributed by atoms with Crippen LogP contribution in [0, 0.1) is 6.92 Å². The molecule has 0 aliphatic heterocycles. The maximum absolute atomic E-state index is 5.92. The Bertz CT molecular complexity index is 727. The third-order valence-corrected chi connectivity index (χ3v) is 3.97. The smallest absolute Gasteiger partial charge is 0.226 e. The van der Waals surface area contributed by atoms with Crippen molar-refractivity contribution in [1.82, 2.24) is 20.8 Å². The number of guanidine groups is 1. The standard InChI is InChI=1S/C20H31N5O2/c1-14(2)19-24-18(27-25-19)10-7-11-22-20(21-5)23-13-16(4)26-17-9-6-8-15(3)12-17/h6,8-9,12,14,16H,7,10-11,13H2,1-5H3,(H2,21,22,23). The molecule has 0 radical (unpaired) electrons. The maximum atomic E-state index is 5.92. The van der Waals surface area contributed by atoms with Gasteiger partial charge >= 0.3 is 0 Å². The number of ether oxygens (including phenoxy) is 1. The first kappa shape index (κ1) is 20.7. The molecule has 148 valence electrons. The fraction of sp³-hybridized carbons (Fsp3) is 0.550. The van der Waals surface area contributed by atoms with E-state index in [-0.39, 0.29) is 12.0 Å². The van der Waals surface area contributed by atoms with Gasteiger partial charge in [-0.2, -0.15) is 4.98 Å². The third kappa shape index (κ3) is 7.29. The van der Waals surface area contributed by atoms with Gasteiger partial charge in [-0.1, -0.05) is 31.1 Å². The SMILES string of the molecule is CN=C(NCCCc1nc(C(C)C)no1)NCC(C)Oc1cccc(C)c1. The van der Waals surface area contributed by atoms with E-state index in [0.717, 1.165) is 36.9 Å². The molecule has 1 unspecified atom stereocenters. The lowest BCUT2D eigenvalue weighted by molar-refractivity contribution is 0.223. The van der Waals surface area contributed by atoms with Crippen molar-refractivity contribution in [1.29, 1.82) is 0 Å². The van der Waals surface area contributed by atoms with E-state index in [1.54, 1.807) is 7.05 Å². The van der Waals surface area contributed by atoms with Crippen molar-refractivity contribution >= 4 is 5.96 Å². The molecule has 1 heterocycles. The summed E-state index contributed by atoms with van der Waals surface area (Å²) in [4.78, 5) is 8.62. The Morgan fingerprint density at radius 2 is 2.07 bits per heavy atom. The largest absolute Gasteiger partial charge is 0.489 e. The van der Waals surface area contributed by atoms with Gasteiger partial charge in [-0.05, 0) is 38.0 Å². The zero-order valence-corrected chi connectivity index (χ0v) is 17.0. The number of aryl methyl sites for hydroxylation is 2. The molecule has 0 fully saturated rings. The van der Waals surface area contributed by atoms with Gasteiger partial charge in [-0.15, -0.1) is 0 Å². The van der Waals surface area contributed by atoms with Crippen molar-refractivity contribution in [2.75, 3.05) is 20.1 Å². The van der Waals surface area contributed by atoms with E-state index in [4.69, 9.17) is 9.26 Å². The van der Waals surface area contributed by atoms with Crippen molar-refractivity contribution < 1.29 is 9.26 Å². The molecule has 1 aromatic carbocycles. The Balaban J connectivity index is 1.66. The molecule has 0 aliphatic carbocycles. The van der Waals surface area contributed by atoms with E-state index in [1.165, 1.54) is 5.56 Å². The van der Waals surface area contributed by atoms with E-state index in [2.05, 4.69) is 52.6 Å². The number of hydrogen-bond acceptors (Lipinski definition) is 5. The average Bonchev–Trinajstić information content (AvgIpc) is 3.10. The Morgan fingerprint density at radius 1 is 1.26 bits per heavy atom. The fourth-order valence-corrected chi connectivity index (χ4v) is 2.47. The van der Waals surface area contributed by atoms with Gasteiger partial charge in [0.2, 0.25) is 5.89 Å². The molecule has 1 atom stereocenters. The van der Waals surface area contributed by atoms with E-state index < -0.39 is 0 Å². The number of nitrogens with zero attached hydrogens (tertiary/aromatic N) is 3. The molecule has 2 rings (SSSR count). The first-order chi connectivity index (χ1) is 13.0. The summed E-state index contributed by atoms with van der Waals surface area (Å²) < 4.78 is 11.2. The summed E-state index contributed by atoms with van der Waals surface area (Å²) in [7, 11) is 1.76. The van der Waals surface area contributed by atoms with Crippen LogP contribution in [0.4, 0.5) is 0 Å². The molecule has 0 saturated heterocycles. The highest BCUT2D eigenvalue weighted by molar-refractivity contribution is 5.79. The minimum atomic E-state index is 0.0261. The van der Waals surface area contributed by atoms with Crippen molar-refractivity contribution in [3.8, 4) is 5.75 Å². The minimum absolute atomic E-state index is 0.0261. The van der Waals surface area contributed by atoms with Gasteiger partial charge in [-0.3, -0.25) is 4.99 Å². The first-order valence-electron chi connectivity index (χ1n) is 9.48. The van der Waals surface area contributed by atoms with Gasteiger partial charge in [0.25, 0.3) is 0 Å². The summed E-state index contributed by atoms with van der Waals surface area (Å²) in [5.74, 6) is 3.37. The average molecular weight is 374 g/mol. The quantitative estimate of drug-likeness (QED) is 0.399. The maximum Gasteiger partial charge on any atom is 0.226 e. The van der Waals surface area contributed by atoms with Gasteiger partial charge in [0.05, 0.1) is 6.54 Å². The summed E-state index contributed by atoms with van der Waals surface area (Å²) in [5.41, 5.74) is 1.19. The monoisotopic (exact) mass is 373 g/mol. The number of aliphatic imine (C=N–C) groups is 1. The van der Waals surface area contributed by atoms with Crippen LogP contribution in [0.15, 0.2) is 33.8 Å². The van der Waals surface area contributed by atoms with Gasteiger partial charge in [0, 0.05) is 25.9 Å². The van der Waals surface area contributed by atoms with Crippen molar-refractivity contribution in [2.24, 2.45) is 4.99 Å². The van der Waals surface area contributed by atoms with Crippen LogP contribution in [0.5, 0.6) is 5.75 Å². The molecule has 27 heavy (non-hydrogen) atoms. The van der Waals surface area contributed by atoms with E-state index in [1.807, 2.05) is 25.1 Å². The number of nitrogens with one attached hydrogen (secondary N) is 2. The number of rotatable bonds is 9. The van der Waals surface area contributed by atoms with Crippen LogP contribution < -0.4 is 15.4 Å². The van der Waals surface area contributed by atoms with Crippen LogP contribution >= 0.6 is 0 Å². The van der Waals surface area contributed by atoms with E-state index in [0.29, 0.717) is 12.4 Å². The predicted molar refractivity (Wildman–Crippen MR) is 107 cm³/mol. The van der Waals surface area contributed by atoms with Crippen LogP contribution in [-0.4, -0.2) is 42.3 Å². The van der Waals surface area contributed by atoms with Crippen LogP contribution in [0.25, 0.3) is 0 Å². The highest BCUT2D eigenvalue weighted by Gasteiger charge is 2.09. The second kappa shape index (κ2) is 10.5. The highest BCUT2D eigenvalue weighted by atomic mass is 16.5. The molecule has 7 heteroatoms. The Kier molecular flexibility index (Phi) is 8.10. The molecule has 0 saturated carbocycles. The van der Waals surface area contributed by atoms with Gasteiger partial charge in [0.15, 0.2) is 11.8 Å². The highest BCUT2D eigenvalue weighted by Crippen LogP contribution is 2.14. The first-order valence-corrected chi connectivity index (χ1v) is 9.48. The lowest BCUT2D eigenvalue weighted by atomic mass is 10.2. The minimum Gasteiger partial charge on any atom is -0.489 e. The zero-order chi connectivity index (χ0) is 19.6. The van der Waals surface area contributed by atoms with E-state index in [9.17, 15) is 0 Å². The van der Waals surface area contributed by atoms with Crippen molar-refractivity contribution in [3.05, 3.63) is 41.5 Å². The number of aromatic nitrogens is 2. The topological polar surface area (TPSA) is 84.6 Å². The normalized spacial score (nSPS) is 12.9. The predicted octanol–water partition coefficient (Wildman–Crippen LogP) is 3.07. The van der Waals surface area contributed by atoms with E-state index >= 15 is 0 Å². The Hall–Kier alpha value is -2.57. The second-order valence-electron chi connectivity index (χ2n) is 6.93. The summed E-state index contributed by atoms with van der Waals surface area (Å²) in [6.45, 7) is 9.62. The summed E-state index contributed by atoms with van der Waals surface area (Å²) in [5, 5.41) is 10.6. The fourth-order valence-electron chi connectivity index (χ4n) is 2.47. The lowest BCUT2D eigenvalue weighted by Crippen LogP contribution is -2.42. The summed E-state index contributed by atoms with van der Waals surface area (Å²) in [6, 6.07) is 8.06. The van der Waals surface area contributed by atoms with Gasteiger partial charge in [0.1, 0.15) is 11.9 Å². The third-order valence-electron chi connectivity index (χ3n) is 3.97. The van der Waals surface area contributed by atoms with Crippen molar-refractivity contribution in [2.45, 2.75) is 52.6 Å². The second-order valence-corrected chi connectivity index (χ2v) is 6.93. The Morgan fingerprint density at radius 3 is 2.74 bits per heavy atom. The number of benzene rings is 1. The molecule has 0 aliphatic rings. The molecule has 0 amide bonds. The van der Waals surface area contributed by atoms with Gasteiger partial charge in [-0.25, -0.2) is 0 Å². The molecule has 0 spiro atoms. The summed E-state index contributed by atoms with van der Waals surface area (Å²) >= 11 is 0. The molecule has 2 N–H and O–H groups in total.